The number of nitrogens with one attached hydrogen (secondary N) is 1. The predicted octanol–water partition coefficient (Wildman–Crippen LogP) is 3.87. The van der Waals surface area contributed by atoms with E-state index in [1.807, 2.05) is 13.8 Å². The van der Waals surface area contributed by atoms with E-state index in [2.05, 4.69) is 29.4 Å². The second-order valence-corrected chi connectivity index (χ2v) is 5.24. The van der Waals surface area contributed by atoms with Gasteiger partial charge in [0, 0.05) is 0 Å². The number of hydrogen-bond acceptors (Lipinski definition) is 4. The molecule has 1 aromatic heterocycles. The van der Waals surface area contributed by atoms with E-state index >= 15 is 0 Å². The fraction of sp³-hybridized carbons (Fsp3) is 0.385. The van der Waals surface area contributed by atoms with Crippen LogP contribution in [0.4, 0.5) is 9.93 Å². The maximum absolute atomic E-state index is 11.4. The van der Waals surface area contributed by atoms with Crippen molar-refractivity contribution in [1.82, 2.24) is 4.98 Å². The molecule has 0 aliphatic heterocycles. The van der Waals surface area contributed by atoms with Gasteiger partial charge in [0.1, 0.15) is 0 Å². The van der Waals surface area contributed by atoms with Crippen molar-refractivity contribution in [1.29, 1.82) is 0 Å². The summed E-state index contributed by atoms with van der Waals surface area (Å²) < 4.78 is 6.04. The van der Waals surface area contributed by atoms with Gasteiger partial charge in [-0.05, 0) is 37.5 Å². The van der Waals surface area contributed by atoms with Gasteiger partial charge in [-0.3, -0.25) is 5.32 Å². The third-order valence-corrected chi connectivity index (χ3v) is 3.39. The summed E-state index contributed by atoms with van der Waals surface area (Å²) in [4.78, 5) is 15.8. The van der Waals surface area contributed by atoms with E-state index in [0.29, 0.717) is 11.7 Å². The highest BCUT2D eigenvalue weighted by atomic mass is 32.1. The number of ether oxygens (including phenoxy) is 1. The van der Waals surface area contributed by atoms with Crippen molar-refractivity contribution in [2.45, 2.75) is 27.2 Å². The zero-order valence-electron chi connectivity index (χ0n) is 10.7. The van der Waals surface area contributed by atoms with E-state index in [0.717, 1.165) is 22.2 Å². The summed E-state index contributed by atoms with van der Waals surface area (Å²) in [6.45, 7) is 6.45. The van der Waals surface area contributed by atoms with Crippen LogP contribution < -0.4 is 5.32 Å². The normalized spacial score (nSPS) is 10.6. The van der Waals surface area contributed by atoms with Gasteiger partial charge in [-0.15, -0.1) is 0 Å². The van der Waals surface area contributed by atoms with Crippen LogP contribution in [-0.4, -0.2) is 17.7 Å². The Labute approximate surface area is 110 Å². The maximum atomic E-state index is 11.4. The predicted molar refractivity (Wildman–Crippen MR) is 74.4 cm³/mol. The zero-order chi connectivity index (χ0) is 13.1. The smallest absolute Gasteiger partial charge is 0.413 e. The Balaban J connectivity index is 2.20. The van der Waals surface area contributed by atoms with Crippen LogP contribution in [0.15, 0.2) is 12.1 Å². The molecule has 5 heteroatoms. The van der Waals surface area contributed by atoms with Crippen molar-refractivity contribution in [2.24, 2.45) is 0 Å². The molecule has 1 aromatic carbocycles. The quantitative estimate of drug-likeness (QED) is 0.915. The van der Waals surface area contributed by atoms with Crippen LogP contribution in [0.5, 0.6) is 0 Å². The Kier molecular flexibility index (Phi) is 3.81. The number of rotatable bonds is 3. The number of hydrogen-bond donors (Lipinski definition) is 1. The number of fused-ring (bicyclic) bond motifs is 1. The molecule has 96 valence electrons. The molecule has 1 N–H and O–H groups in total. The summed E-state index contributed by atoms with van der Waals surface area (Å²) in [5, 5.41) is 3.24. The minimum absolute atomic E-state index is 0.425. The topological polar surface area (TPSA) is 51.2 Å². The van der Waals surface area contributed by atoms with E-state index in [9.17, 15) is 4.79 Å². The first kappa shape index (κ1) is 12.8. The fourth-order valence-corrected chi connectivity index (χ4v) is 2.77. The maximum Gasteiger partial charge on any atom is 0.413 e. The third kappa shape index (κ3) is 2.79. The highest BCUT2D eigenvalue weighted by Crippen LogP contribution is 2.29. The number of benzene rings is 1. The van der Waals surface area contributed by atoms with E-state index in [-0.39, 0.29) is 0 Å². The molecule has 0 unspecified atom stereocenters. The first-order chi connectivity index (χ1) is 8.60. The van der Waals surface area contributed by atoms with Gasteiger partial charge in [-0.1, -0.05) is 24.3 Å². The third-order valence-electron chi connectivity index (χ3n) is 2.48. The van der Waals surface area contributed by atoms with Crippen LogP contribution in [0.25, 0.3) is 10.2 Å². The van der Waals surface area contributed by atoms with Crippen molar-refractivity contribution >= 4 is 32.8 Å². The number of anilines is 1. The summed E-state index contributed by atoms with van der Waals surface area (Å²) in [6.07, 6.45) is 0.372. The Morgan fingerprint density at radius 2 is 2.22 bits per heavy atom. The number of nitrogens with zero attached hydrogens (tertiary/aromatic N) is 1. The summed E-state index contributed by atoms with van der Waals surface area (Å²) in [5.41, 5.74) is 3.26. The van der Waals surface area contributed by atoms with Crippen LogP contribution >= 0.6 is 11.3 Å². The Morgan fingerprint density at radius 1 is 1.44 bits per heavy atom. The second kappa shape index (κ2) is 5.35. The molecule has 0 saturated carbocycles. The van der Waals surface area contributed by atoms with Crippen LogP contribution in [0, 0.1) is 13.8 Å². The molecule has 0 spiro atoms. The van der Waals surface area contributed by atoms with Gasteiger partial charge in [0.25, 0.3) is 0 Å². The molecule has 1 heterocycles. The lowest BCUT2D eigenvalue weighted by molar-refractivity contribution is 0.161. The molecule has 0 aliphatic rings. The van der Waals surface area contributed by atoms with Crippen molar-refractivity contribution in [3.8, 4) is 0 Å². The van der Waals surface area contributed by atoms with Crippen LogP contribution in [-0.2, 0) is 4.74 Å². The average molecular weight is 264 g/mol. The van der Waals surface area contributed by atoms with Crippen LogP contribution in [0.3, 0.4) is 0 Å². The standard InChI is InChI=1S/C13H16N2O2S/c1-4-5-17-13(16)15-12-14-11-9(3)6-8(2)7-10(11)18-12/h6-7H,4-5H2,1-3H3,(H,14,15,16). The van der Waals surface area contributed by atoms with E-state index in [1.165, 1.54) is 16.9 Å². The first-order valence-electron chi connectivity index (χ1n) is 5.91. The highest BCUT2D eigenvalue weighted by Gasteiger charge is 2.10. The highest BCUT2D eigenvalue weighted by molar-refractivity contribution is 7.22. The summed E-state index contributed by atoms with van der Waals surface area (Å²) in [6, 6.07) is 4.16. The van der Waals surface area contributed by atoms with E-state index < -0.39 is 6.09 Å². The number of thiazole rings is 1. The monoisotopic (exact) mass is 264 g/mol. The summed E-state index contributed by atoms with van der Waals surface area (Å²) >= 11 is 1.46. The van der Waals surface area contributed by atoms with Gasteiger partial charge in [0.05, 0.1) is 16.8 Å². The number of carbonyl (C=O) groups is 1. The van der Waals surface area contributed by atoms with Crippen molar-refractivity contribution in [3.63, 3.8) is 0 Å². The van der Waals surface area contributed by atoms with Crippen molar-refractivity contribution < 1.29 is 9.53 Å². The fourth-order valence-electron chi connectivity index (χ4n) is 1.74. The van der Waals surface area contributed by atoms with Gasteiger partial charge >= 0.3 is 6.09 Å². The Bertz CT molecular complexity index is 578. The molecule has 0 saturated heterocycles. The van der Waals surface area contributed by atoms with Gasteiger partial charge in [0.2, 0.25) is 0 Å². The molecule has 1 amide bonds. The molecular formula is C13H16N2O2S. The molecule has 0 radical (unpaired) electrons. The van der Waals surface area contributed by atoms with Gasteiger partial charge in [0.15, 0.2) is 5.13 Å². The van der Waals surface area contributed by atoms with E-state index in [4.69, 9.17) is 4.74 Å². The SMILES string of the molecule is CCCOC(=O)Nc1nc2c(C)cc(C)cc2s1. The molecule has 0 bridgehead atoms. The number of aromatic nitrogens is 1. The molecule has 4 nitrogen and oxygen atoms in total. The Morgan fingerprint density at radius 3 is 2.94 bits per heavy atom. The van der Waals surface area contributed by atoms with Gasteiger partial charge < -0.3 is 4.74 Å². The lowest BCUT2D eigenvalue weighted by Gasteiger charge is -2.01. The molecule has 2 aromatic rings. The Hall–Kier alpha value is -1.62. The molecule has 0 atom stereocenters. The summed E-state index contributed by atoms with van der Waals surface area (Å²) in [5.74, 6) is 0. The molecular weight excluding hydrogens is 248 g/mol. The lowest BCUT2D eigenvalue weighted by Crippen LogP contribution is -2.13. The average Bonchev–Trinajstić information content (AvgIpc) is 2.69. The molecule has 0 fully saturated rings. The minimum atomic E-state index is -0.440. The number of amides is 1. The zero-order valence-corrected chi connectivity index (χ0v) is 11.6. The molecule has 0 aliphatic carbocycles. The largest absolute Gasteiger partial charge is 0.449 e. The number of carbonyl (C=O) groups excluding carboxylic acids is 1. The van der Waals surface area contributed by atoms with Crippen LogP contribution in [0.2, 0.25) is 0 Å². The van der Waals surface area contributed by atoms with Crippen molar-refractivity contribution in [2.75, 3.05) is 11.9 Å². The molecule has 18 heavy (non-hydrogen) atoms. The lowest BCUT2D eigenvalue weighted by atomic mass is 10.1. The van der Waals surface area contributed by atoms with Gasteiger partial charge in [-0.2, -0.15) is 0 Å². The van der Waals surface area contributed by atoms with E-state index in [1.54, 1.807) is 0 Å². The summed E-state index contributed by atoms with van der Waals surface area (Å²) in [7, 11) is 0. The molecule has 2 rings (SSSR count). The van der Waals surface area contributed by atoms with Crippen LogP contribution in [0.1, 0.15) is 24.5 Å². The minimum Gasteiger partial charge on any atom is -0.449 e. The second-order valence-electron chi connectivity index (χ2n) is 4.21. The van der Waals surface area contributed by atoms with Crippen molar-refractivity contribution in [3.05, 3.63) is 23.3 Å². The first-order valence-corrected chi connectivity index (χ1v) is 6.73. The van der Waals surface area contributed by atoms with Gasteiger partial charge in [-0.25, -0.2) is 9.78 Å². The number of aryl methyl sites for hydroxylation is 2.